The summed E-state index contributed by atoms with van der Waals surface area (Å²) in [4.78, 5) is 15.7. The third-order valence-electron chi connectivity index (χ3n) is 11.8. The highest BCUT2D eigenvalue weighted by Crippen LogP contribution is 2.52. The lowest BCUT2D eigenvalue weighted by Crippen LogP contribution is -2.14. The summed E-state index contributed by atoms with van der Waals surface area (Å²) in [5.41, 5.74) is 16.3. The van der Waals surface area contributed by atoms with E-state index in [1.165, 1.54) is 44.5 Å². The van der Waals surface area contributed by atoms with Crippen LogP contribution in [-0.2, 0) is 5.41 Å². The van der Waals surface area contributed by atoms with E-state index in [0.29, 0.717) is 17.5 Å². The molecule has 2 heterocycles. The predicted octanol–water partition coefficient (Wildman–Crippen LogP) is 14.1. The van der Waals surface area contributed by atoms with Gasteiger partial charge in [0.15, 0.2) is 17.5 Å². The van der Waals surface area contributed by atoms with E-state index >= 15 is 0 Å². The largest absolute Gasteiger partial charge is 0.456 e. The monoisotopic (exact) mass is 743 g/mol. The lowest BCUT2D eigenvalue weighted by Gasteiger charge is -2.21. The van der Waals surface area contributed by atoms with E-state index in [4.69, 9.17) is 19.4 Å². The molecular weight excluding hydrogens is 707 g/mol. The fourth-order valence-electron chi connectivity index (χ4n) is 8.83. The molecule has 10 aromatic rings. The number of hydrogen-bond donors (Lipinski definition) is 0. The second kappa shape index (κ2) is 13.4. The maximum Gasteiger partial charge on any atom is 0.164 e. The molecule has 8 aromatic carbocycles. The van der Waals surface area contributed by atoms with Crippen molar-refractivity contribution in [1.29, 1.82) is 0 Å². The third kappa shape index (κ3) is 5.56. The predicted molar refractivity (Wildman–Crippen MR) is 237 cm³/mol. The first kappa shape index (κ1) is 33.9. The normalized spacial score (nSPS) is 12.8. The van der Waals surface area contributed by atoms with Gasteiger partial charge < -0.3 is 4.42 Å². The van der Waals surface area contributed by atoms with Crippen molar-refractivity contribution in [2.75, 3.05) is 0 Å². The molecule has 11 rings (SSSR count). The standard InChI is InChI=1S/C54H37N3O/c1-54(2)45-23-10-9-20-41(45)49-42(21-12-24-46(49)54)52-55-51(37-16-7-4-8-17-37)56-53(57-52)43-22-13-25-48-50(43)44-33-40(30-31-47(44)58-48)39-19-11-18-38(32-39)36-28-26-35(27-29-36)34-14-5-3-6-15-34/h3-33H,1-2H3. The SMILES string of the molecule is CC1(C)c2ccccc2-c2c(-c3nc(-c4ccccc4)nc(-c4cccc5oc6ccc(-c7cccc(-c8ccc(-c9ccccc9)cc8)c7)cc6c45)n3)cccc21. The van der Waals surface area contributed by atoms with Gasteiger partial charge in [0.05, 0.1) is 0 Å². The Hall–Kier alpha value is -7.43. The summed E-state index contributed by atoms with van der Waals surface area (Å²) in [5, 5.41) is 1.99. The number of hydrogen-bond acceptors (Lipinski definition) is 4. The minimum absolute atomic E-state index is 0.147. The Bertz CT molecular complexity index is 3180. The number of furan rings is 1. The van der Waals surface area contributed by atoms with Crippen molar-refractivity contribution >= 4 is 21.9 Å². The number of fused-ring (bicyclic) bond motifs is 6. The zero-order valence-corrected chi connectivity index (χ0v) is 32.1. The second-order valence-corrected chi connectivity index (χ2v) is 15.6. The van der Waals surface area contributed by atoms with Crippen LogP contribution in [-0.4, -0.2) is 15.0 Å². The minimum Gasteiger partial charge on any atom is -0.456 e. The molecule has 1 aliphatic rings. The van der Waals surface area contributed by atoms with Gasteiger partial charge in [0.2, 0.25) is 0 Å². The van der Waals surface area contributed by atoms with Crippen molar-refractivity contribution < 1.29 is 4.42 Å². The first-order chi connectivity index (χ1) is 28.5. The van der Waals surface area contributed by atoms with Crippen molar-refractivity contribution in [3.05, 3.63) is 199 Å². The molecule has 0 radical (unpaired) electrons. The fraction of sp³-hybridized carbons (Fsp3) is 0.0556. The van der Waals surface area contributed by atoms with Crippen molar-refractivity contribution in [2.45, 2.75) is 19.3 Å². The van der Waals surface area contributed by atoms with Gasteiger partial charge in [-0.05, 0) is 79.9 Å². The molecule has 4 heteroatoms. The van der Waals surface area contributed by atoms with Crippen LogP contribution in [0.2, 0.25) is 0 Å². The van der Waals surface area contributed by atoms with Gasteiger partial charge in [-0.2, -0.15) is 0 Å². The smallest absolute Gasteiger partial charge is 0.164 e. The Balaban J connectivity index is 1.05. The van der Waals surface area contributed by atoms with Crippen LogP contribution in [0, 0.1) is 0 Å². The molecule has 0 fully saturated rings. The van der Waals surface area contributed by atoms with Crippen LogP contribution in [0.4, 0.5) is 0 Å². The Labute approximate surface area is 337 Å². The van der Waals surface area contributed by atoms with Crippen LogP contribution in [0.3, 0.4) is 0 Å². The van der Waals surface area contributed by atoms with Crippen LogP contribution in [0.15, 0.2) is 192 Å². The molecule has 0 unspecified atom stereocenters. The summed E-state index contributed by atoms with van der Waals surface area (Å²) < 4.78 is 6.53. The van der Waals surface area contributed by atoms with Crippen LogP contribution >= 0.6 is 0 Å². The van der Waals surface area contributed by atoms with Gasteiger partial charge in [0.25, 0.3) is 0 Å². The molecule has 58 heavy (non-hydrogen) atoms. The average molecular weight is 744 g/mol. The van der Waals surface area contributed by atoms with E-state index in [2.05, 4.69) is 172 Å². The minimum atomic E-state index is -0.147. The van der Waals surface area contributed by atoms with Crippen LogP contribution in [0.5, 0.6) is 0 Å². The zero-order chi connectivity index (χ0) is 38.8. The van der Waals surface area contributed by atoms with Crippen LogP contribution in [0.25, 0.3) is 101 Å². The summed E-state index contributed by atoms with van der Waals surface area (Å²) >= 11 is 0. The highest BCUT2D eigenvalue weighted by Gasteiger charge is 2.37. The highest BCUT2D eigenvalue weighted by molar-refractivity contribution is 6.13. The average Bonchev–Trinajstić information content (AvgIpc) is 3.78. The van der Waals surface area contributed by atoms with Crippen molar-refractivity contribution in [3.63, 3.8) is 0 Å². The Morgan fingerprint density at radius 1 is 0.362 bits per heavy atom. The first-order valence-corrected chi connectivity index (χ1v) is 19.8. The molecular formula is C54H37N3O. The molecule has 0 atom stereocenters. The maximum atomic E-state index is 6.53. The van der Waals surface area contributed by atoms with Crippen molar-refractivity contribution in [1.82, 2.24) is 15.0 Å². The summed E-state index contributed by atoms with van der Waals surface area (Å²) in [7, 11) is 0. The fourth-order valence-corrected chi connectivity index (χ4v) is 8.83. The van der Waals surface area contributed by atoms with Gasteiger partial charge in [0.1, 0.15) is 11.2 Å². The Kier molecular flexibility index (Phi) is 7.80. The summed E-state index contributed by atoms with van der Waals surface area (Å²) in [6, 6.07) is 66.1. The molecule has 2 aromatic heterocycles. The molecule has 0 N–H and O–H groups in total. The molecule has 274 valence electrons. The van der Waals surface area contributed by atoms with Gasteiger partial charge in [0, 0.05) is 32.9 Å². The maximum absolute atomic E-state index is 6.53. The van der Waals surface area contributed by atoms with Gasteiger partial charge in [-0.25, -0.2) is 15.0 Å². The second-order valence-electron chi connectivity index (χ2n) is 15.6. The molecule has 0 spiro atoms. The number of rotatable bonds is 6. The van der Waals surface area contributed by atoms with E-state index in [1.807, 2.05) is 30.3 Å². The van der Waals surface area contributed by atoms with Gasteiger partial charge in [-0.3, -0.25) is 0 Å². The van der Waals surface area contributed by atoms with Crippen LogP contribution in [0.1, 0.15) is 25.0 Å². The van der Waals surface area contributed by atoms with Gasteiger partial charge >= 0.3 is 0 Å². The van der Waals surface area contributed by atoms with E-state index < -0.39 is 0 Å². The molecule has 0 saturated carbocycles. The molecule has 4 nitrogen and oxygen atoms in total. The third-order valence-corrected chi connectivity index (χ3v) is 11.8. The highest BCUT2D eigenvalue weighted by atomic mass is 16.3. The van der Waals surface area contributed by atoms with E-state index in [9.17, 15) is 0 Å². The quantitative estimate of drug-likeness (QED) is 0.170. The molecule has 0 aliphatic heterocycles. The summed E-state index contributed by atoms with van der Waals surface area (Å²) in [5.74, 6) is 1.88. The molecule has 0 saturated heterocycles. The first-order valence-electron chi connectivity index (χ1n) is 19.8. The lowest BCUT2D eigenvalue weighted by atomic mass is 9.82. The van der Waals surface area contributed by atoms with E-state index in [0.717, 1.165) is 49.8 Å². The number of benzene rings is 8. The molecule has 0 amide bonds. The van der Waals surface area contributed by atoms with Crippen LogP contribution < -0.4 is 0 Å². The van der Waals surface area contributed by atoms with Gasteiger partial charge in [-0.1, -0.05) is 178 Å². The summed E-state index contributed by atoms with van der Waals surface area (Å²) in [6.07, 6.45) is 0. The number of aromatic nitrogens is 3. The zero-order valence-electron chi connectivity index (χ0n) is 32.1. The van der Waals surface area contributed by atoms with Crippen molar-refractivity contribution in [2.24, 2.45) is 0 Å². The van der Waals surface area contributed by atoms with E-state index in [-0.39, 0.29) is 5.41 Å². The summed E-state index contributed by atoms with van der Waals surface area (Å²) in [6.45, 7) is 4.60. The number of nitrogens with zero attached hydrogens (tertiary/aromatic N) is 3. The Morgan fingerprint density at radius 2 is 0.862 bits per heavy atom. The van der Waals surface area contributed by atoms with E-state index in [1.54, 1.807) is 0 Å². The molecule has 1 aliphatic carbocycles. The topological polar surface area (TPSA) is 51.8 Å². The lowest BCUT2D eigenvalue weighted by molar-refractivity contribution is 0.660. The van der Waals surface area contributed by atoms with Gasteiger partial charge in [-0.15, -0.1) is 0 Å². The van der Waals surface area contributed by atoms with Crippen molar-refractivity contribution in [3.8, 4) is 78.7 Å². The molecule has 0 bridgehead atoms. The Morgan fingerprint density at radius 3 is 1.64 bits per heavy atom.